The predicted octanol–water partition coefficient (Wildman–Crippen LogP) is 2.57. The van der Waals surface area contributed by atoms with E-state index >= 15 is 0 Å². The van der Waals surface area contributed by atoms with Crippen LogP contribution in [0, 0.1) is 18.7 Å². The Morgan fingerprint density at radius 2 is 1.95 bits per heavy atom. The van der Waals surface area contributed by atoms with Crippen LogP contribution in [-0.4, -0.2) is 39.4 Å². The summed E-state index contributed by atoms with van der Waals surface area (Å²) >= 11 is 0. The molecule has 2 rings (SSSR count). The van der Waals surface area contributed by atoms with Crippen LogP contribution >= 0.6 is 12.4 Å². The number of piperidine rings is 1. The van der Waals surface area contributed by atoms with Gasteiger partial charge in [-0.25, -0.2) is 12.8 Å². The van der Waals surface area contributed by atoms with Crippen molar-refractivity contribution in [3.05, 3.63) is 29.6 Å². The Morgan fingerprint density at radius 3 is 2.50 bits per heavy atom. The molecule has 0 unspecified atom stereocenters. The van der Waals surface area contributed by atoms with Crippen LogP contribution in [-0.2, 0) is 10.0 Å². The Balaban J connectivity index is 0.00000242. The van der Waals surface area contributed by atoms with Crippen molar-refractivity contribution in [2.45, 2.75) is 31.1 Å². The van der Waals surface area contributed by atoms with Crippen LogP contribution in [0.5, 0.6) is 0 Å². The van der Waals surface area contributed by atoms with Crippen molar-refractivity contribution in [1.82, 2.24) is 9.62 Å². The summed E-state index contributed by atoms with van der Waals surface area (Å²) in [6.45, 7) is 3.70. The van der Waals surface area contributed by atoms with Crippen molar-refractivity contribution in [1.29, 1.82) is 0 Å². The van der Waals surface area contributed by atoms with Crippen LogP contribution < -0.4 is 5.32 Å². The SMILES string of the molecule is CNCCC1CCN(S(=O)(=O)c2ccc(F)cc2C)CC1.Cl. The van der Waals surface area contributed by atoms with Crippen LogP contribution in [0.2, 0.25) is 0 Å². The molecule has 0 radical (unpaired) electrons. The molecule has 0 spiro atoms. The van der Waals surface area contributed by atoms with Crippen LogP contribution in [0.4, 0.5) is 4.39 Å². The minimum atomic E-state index is -3.50. The molecule has 0 saturated carbocycles. The van der Waals surface area contributed by atoms with Gasteiger partial charge < -0.3 is 5.32 Å². The lowest BCUT2D eigenvalue weighted by molar-refractivity contribution is 0.263. The molecule has 1 aliphatic heterocycles. The van der Waals surface area contributed by atoms with Gasteiger partial charge in [0.15, 0.2) is 0 Å². The third-order valence-electron chi connectivity index (χ3n) is 4.13. The molecule has 0 bridgehead atoms. The number of hydrogen-bond donors (Lipinski definition) is 1. The predicted molar refractivity (Wildman–Crippen MR) is 88.4 cm³/mol. The first-order valence-corrected chi connectivity index (χ1v) is 8.80. The minimum Gasteiger partial charge on any atom is -0.320 e. The topological polar surface area (TPSA) is 49.4 Å². The molecule has 1 aliphatic rings. The molecule has 126 valence electrons. The molecule has 7 heteroatoms. The summed E-state index contributed by atoms with van der Waals surface area (Å²) in [6, 6.07) is 3.85. The van der Waals surface area contributed by atoms with Crippen molar-refractivity contribution in [2.24, 2.45) is 5.92 Å². The largest absolute Gasteiger partial charge is 0.320 e. The molecule has 1 fully saturated rings. The maximum Gasteiger partial charge on any atom is 0.243 e. The van der Waals surface area contributed by atoms with Gasteiger partial charge in [-0.05, 0) is 69.5 Å². The number of sulfonamides is 1. The Labute approximate surface area is 138 Å². The molecule has 0 aromatic heterocycles. The van der Waals surface area contributed by atoms with Gasteiger partial charge >= 0.3 is 0 Å². The average Bonchev–Trinajstić information content (AvgIpc) is 2.45. The number of nitrogens with zero attached hydrogens (tertiary/aromatic N) is 1. The minimum absolute atomic E-state index is 0. The smallest absolute Gasteiger partial charge is 0.243 e. The lowest BCUT2D eigenvalue weighted by Crippen LogP contribution is -2.39. The Morgan fingerprint density at radius 1 is 1.32 bits per heavy atom. The van der Waals surface area contributed by atoms with Crippen molar-refractivity contribution in [3.63, 3.8) is 0 Å². The average molecular weight is 351 g/mol. The normalized spacial score (nSPS) is 17.2. The highest BCUT2D eigenvalue weighted by molar-refractivity contribution is 7.89. The molecule has 1 aromatic rings. The molecule has 0 atom stereocenters. The highest BCUT2D eigenvalue weighted by atomic mass is 35.5. The molecule has 0 aliphatic carbocycles. The van der Waals surface area contributed by atoms with Crippen LogP contribution in [0.15, 0.2) is 23.1 Å². The summed E-state index contributed by atoms with van der Waals surface area (Å²) < 4.78 is 39.9. The first-order valence-electron chi connectivity index (χ1n) is 7.36. The summed E-state index contributed by atoms with van der Waals surface area (Å²) in [5.74, 6) is 0.176. The Bertz CT molecular complexity index is 587. The van der Waals surface area contributed by atoms with E-state index in [-0.39, 0.29) is 17.3 Å². The van der Waals surface area contributed by atoms with Gasteiger partial charge in [0.2, 0.25) is 10.0 Å². The van der Waals surface area contributed by atoms with Gasteiger partial charge in [-0.1, -0.05) is 0 Å². The molecule has 4 nitrogen and oxygen atoms in total. The third-order valence-corrected chi connectivity index (χ3v) is 6.19. The van der Waals surface area contributed by atoms with Gasteiger partial charge in [0.1, 0.15) is 5.82 Å². The van der Waals surface area contributed by atoms with E-state index in [1.54, 1.807) is 6.92 Å². The van der Waals surface area contributed by atoms with E-state index in [9.17, 15) is 12.8 Å². The van der Waals surface area contributed by atoms with Crippen LogP contribution in [0.25, 0.3) is 0 Å². The molecule has 1 saturated heterocycles. The first kappa shape index (κ1) is 19.4. The quantitative estimate of drug-likeness (QED) is 0.888. The summed E-state index contributed by atoms with van der Waals surface area (Å²) in [7, 11) is -1.57. The van der Waals surface area contributed by atoms with E-state index in [0.717, 1.165) is 25.8 Å². The maximum absolute atomic E-state index is 13.1. The Hall–Kier alpha value is -0.690. The lowest BCUT2D eigenvalue weighted by atomic mass is 9.95. The highest BCUT2D eigenvalue weighted by Crippen LogP contribution is 2.27. The van der Waals surface area contributed by atoms with Crippen molar-refractivity contribution in [2.75, 3.05) is 26.7 Å². The second-order valence-corrected chi connectivity index (χ2v) is 7.56. The number of benzene rings is 1. The zero-order valence-corrected chi connectivity index (χ0v) is 14.6. The van der Waals surface area contributed by atoms with E-state index in [0.29, 0.717) is 24.6 Å². The molecular formula is C15H24ClFN2O2S. The second kappa shape index (κ2) is 8.24. The van der Waals surface area contributed by atoms with Gasteiger partial charge in [0, 0.05) is 13.1 Å². The number of rotatable bonds is 5. The van der Waals surface area contributed by atoms with Crippen molar-refractivity contribution in [3.8, 4) is 0 Å². The standard InChI is InChI=1S/C15H23FN2O2S.ClH/c1-12-11-14(16)3-4-15(12)21(19,20)18-9-6-13(7-10-18)5-8-17-2;/h3-4,11,13,17H,5-10H2,1-2H3;1H. The number of halogens is 2. The van der Waals surface area contributed by atoms with Crippen LogP contribution in [0.3, 0.4) is 0 Å². The van der Waals surface area contributed by atoms with E-state index < -0.39 is 15.8 Å². The van der Waals surface area contributed by atoms with Crippen molar-refractivity contribution >= 4 is 22.4 Å². The first-order chi connectivity index (χ1) is 9.95. The van der Waals surface area contributed by atoms with E-state index in [1.165, 1.54) is 22.5 Å². The number of nitrogens with one attached hydrogen (secondary N) is 1. The molecule has 1 aromatic carbocycles. The number of hydrogen-bond acceptors (Lipinski definition) is 3. The zero-order chi connectivity index (χ0) is 15.5. The van der Waals surface area contributed by atoms with Gasteiger partial charge in [0.05, 0.1) is 4.90 Å². The summed E-state index contributed by atoms with van der Waals surface area (Å²) in [6.07, 6.45) is 2.86. The van der Waals surface area contributed by atoms with Crippen LogP contribution in [0.1, 0.15) is 24.8 Å². The van der Waals surface area contributed by atoms with Crippen molar-refractivity contribution < 1.29 is 12.8 Å². The zero-order valence-electron chi connectivity index (χ0n) is 13.0. The Kier molecular flexibility index (Phi) is 7.25. The summed E-state index contributed by atoms with van der Waals surface area (Å²) in [5.41, 5.74) is 0.465. The molecule has 0 amide bonds. The van der Waals surface area contributed by atoms with Gasteiger partial charge in [-0.2, -0.15) is 4.31 Å². The van der Waals surface area contributed by atoms with Gasteiger partial charge in [0.25, 0.3) is 0 Å². The summed E-state index contributed by atoms with van der Waals surface area (Å²) in [5, 5.41) is 3.13. The fourth-order valence-electron chi connectivity index (χ4n) is 2.83. The fraction of sp³-hybridized carbons (Fsp3) is 0.600. The van der Waals surface area contributed by atoms with Gasteiger partial charge in [-0.15, -0.1) is 12.4 Å². The molecule has 1 N–H and O–H groups in total. The highest BCUT2D eigenvalue weighted by Gasteiger charge is 2.30. The monoisotopic (exact) mass is 350 g/mol. The van der Waals surface area contributed by atoms with E-state index in [1.807, 2.05) is 7.05 Å². The second-order valence-electron chi connectivity index (χ2n) is 5.65. The fourth-order valence-corrected chi connectivity index (χ4v) is 4.50. The maximum atomic E-state index is 13.1. The van der Waals surface area contributed by atoms with E-state index in [4.69, 9.17) is 0 Å². The number of aryl methyl sites for hydroxylation is 1. The molecule has 1 heterocycles. The molecule has 22 heavy (non-hydrogen) atoms. The third kappa shape index (κ3) is 4.41. The van der Waals surface area contributed by atoms with Gasteiger partial charge in [-0.3, -0.25) is 0 Å². The summed E-state index contributed by atoms with van der Waals surface area (Å²) in [4.78, 5) is 0.220. The van der Waals surface area contributed by atoms with E-state index in [2.05, 4.69) is 5.32 Å². The molecular weight excluding hydrogens is 327 g/mol. The lowest BCUT2D eigenvalue weighted by Gasteiger charge is -2.31.